The minimum atomic E-state index is -1.75. The first-order chi connectivity index (χ1) is 26.4. The lowest BCUT2D eigenvalue weighted by Crippen LogP contribution is -2.53. The topological polar surface area (TPSA) is 140 Å². The molecular weight excluding hydrogens is 682 g/mol. The van der Waals surface area contributed by atoms with Crippen LogP contribution in [-0.2, 0) is 24.5 Å². The zero-order chi connectivity index (χ0) is 37.4. The second-order valence-corrected chi connectivity index (χ2v) is 13.5. The van der Waals surface area contributed by atoms with Gasteiger partial charge in [-0.25, -0.2) is 0 Å². The maximum Gasteiger partial charge on any atom is 0.324 e. The molecule has 270 valence electrons. The number of morpholine rings is 1. The van der Waals surface area contributed by atoms with Crippen molar-refractivity contribution in [2.24, 2.45) is 11.7 Å². The van der Waals surface area contributed by atoms with Crippen LogP contribution in [0.15, 0.2) is 127 Å². The minimum Gasteiger partial charge on any atom is -0.497 e. The lowest BCUT2D eigenvalue weighted by Gasteiger charge is -2.46. The van der Waals surface area contributed by atoms with Gasteiger partial charge in [0.05, 0.1) is 31.7 Å². The van der Waals surface area contributed by atoms with Crippen LogP contribution in [0.3, 0.4) is 0 Å². The first kappa shape index (κ1) is 34.7. The van der Waals surface area contributed by atoms with Gasteiger partial charge in [0.15, 0.2) is 0 Å². The molecule has 3 heterocycles. The van der Waals surface area contributed by atoms with Gasteiger partial charge in [-0.05, 0) is 65.2 Å². The second kappa shape index (κ2) is 14.2. The Bertz CT molecular complexity index is 2290. The highest BCUT2D eigenvalue weighted by Crippen LogP contribution is 2.65. The van der Waals surface area contributed by atoms with E-state index in [2.05, 4.69) is 17.2 Å². The van der Waals surface area contributed by atoms with Crippen LogP contribution < -0.4 is 20.5 Å². The van der Waals surface area contributed by atoms with Crippen molar-refractivity contribution >= 4 is 23.5 Å². The number of aliphatic hydroxyl groups is 1. The number of nitrogens with zero attached hydrogens (tertiary/aromatic N) is 1. The van der Waals surface area contributed by atoms with Crippen molar-refractivity contribution in [1.82, 2.24) is 4.90 Å². The van der Waals surface area contributed by atoms with Gasteiger partial charge in [-0.15, -0.1) is 0 Å². The number of methoxy groups -OCH3 is 1. The van der Waals surface area contributed by atoms with Gasteiger partial charge in [0.1, 0.15) is 35.7 Å². The molecule has 2 amide bonds. The molecule has 0 aromatic heterocycles. The normalized spacial score (nSPS) is 24.1. The third-order valence-electron chi connectivity index (χ3n) is 10.6. The van der Waals surface area contributed by atoms with E-state index in [1.54, 1.807) is 37.4 Å². The number of benzene rings is 5. The van der Waals surface area contributed by atoms with E-state index in [-0.39, 0.29) is 13.2 Å². The molecule has 0 aliphatic carbocycles. The highest BCUT2D eigenvalue weighted by Gasteiger charge is 2.74. The van der Waals surface area contributed by atoms with Crippen molar-refractivity contribution in [3.8, 4) is 23.3 Å². The molecule has 0 saturated carbocycles. The number of aliphatic hydroxyl groups excluding tert-OH is 1. The number of hydrogen-bond donors (Lipinski definition) is 3. The van der Waals surface area contributed by atoms with E-state index in [9.17, 15) is 14.7 Å². The summed E-state index contributed by atoms with van der Waals surface area (Å²) < 4.78 is 17.8. The van der Waals surface area contributed by atoms with Crippen LogP contribution in [0, 0.1) is 17.8 Å². The van der Waals surface area contributed by atoms with Crippen molar-refractivity contribution in [1.29, 1.82) is 0 Å². The molecule has 8 rings (SSSR count). The van der Waals surface area contributed by atoms with Crippen molar-refractivity contribution in [2.45, 2.75) is 29.6 Å². The van der Waals surface area contributed by atoms with Gasteiger partial charge < -0.3 is 30.4 Å². The number of carbonyl (C=O) groups excluding carboxylic acids is 3. The predicted octanol–water partition coefficient (Wildman–Crippen LogP) is 5.22. The molecule has 0 bridgehead atoms. The highest BCUT2D eigenvalue weighted by atomic mass is 16.6. The number of esters is 1. The van der Waals surface area contributed by atoms with Crippen LogP contribution in [0.25, 0.3) is 0 Å². The largest absolute Gasteiger partial charge is 0.497 e. The minimum absolute atomic E-state index is 0.0237. The highest BCUT2D eigenvalue weighted by molar-refractivity contribution is 6.12. The number of primary amides is 1. The summed E-state index contributed by atoms with van der Waals surface area (Å²) in [7, 11) is 1.60. The van der Waals surface area contributed by atoms with Gasteiger partial charge in [0, 0.05) is 22.4 Å². The standard InChI is InChI=1S/C44H37N3O7/c1-52-31-21-18-27(19-22-31)16-17-28-20-23-34-33(26-28)44(43(51)46-34)36(41(45)49)38-42(50)54-39(30-12-6-3-7-13-30)37(29-10-4-2-5-11-29)47(38)40(44)32-14-8-9-15-35(32)53-25-24-48/h2-15,18-23,26,36-40,48H,24-25H2,1H3,(H2,45,49)(H,46,51)/t36-,37-,38-,39+,40+,44-/m1/s1. The zero-order valence-corrected chi connectivity index (χ0v) is 29.3. The zero-order valence-electron chi connectivity index (χ0n) is 29.3. The first-order valence-corrected chi connectivity index (χ1v) is 17.7. The Morgan fingerprint density at radius 2 is 1.50 bits per heavy atom. The number of rotatable bonds is 8. The molecule has 10 heteroatoms. The number of nitrogens with one attached hydrogen (secondary N) is 1. The molecule has 5 aromatic rings. The summed E-state index contributed by atoms with van der Waals surface area (Å²) >= 11 is 0. The Kier molecular flexibility index (Phi) is 9.11. The lowest BCUT2D eigenvalue weighted by atomic mass is 9.65. The van der Waals surface area contributed by atoms with E-state index < -0.39 is 53.3 Å². The molecule has 4 N–H and O–H groups in total. The van der Waals surface area contributed by atoms with Gasteiger partial charge in [0.2, 0.25) is 11.8 Å². The maximum absolute atomic E-state index is 15.0. The lowest BCUT2D eigenvalue weighted by molar-refractivity contribution is -0.178. The number of anilines is 1. The fourth-order valence-electron chi connectivity index (χ4n) is 8.48. The van der Waals surface area contributed by atoms with E-state index in [1.165, 1.54) is 0 Å². The summed E-state index contributed by atoms with van der Waals surface area (Å²) in [6.45, 7) is -0.279. The first-order valence-electron chi connectivity index (χ1n) is 17.7. The molecule has 1 spiro atoms. The quantitative estimate of drug-likeness (QED) is 0.147. The smallest absolute Gasteiger partial charge is 0.324 e. The van der Waals surface area contributed by atoms with E-state index >= 15 is 4.79 Å². The number of fused-ring (bicyclic) bond motifs is 3. The molecular formula is C44H37N3O7. The maximum atomic E-state index is 15.0. The van der Waals surface area contributed by atoms with Crippen molar-refractivity contribution < 1.29 is 33.7 Å². The Balaban J connectivity index is 1.40. The van der Waals surface area contributed by atoms with Crippen LogP contribution in [0.1, 0.15) is 51.6 Å². The fraction of sp³-hybridized carbons (Fsp3) is 0.205. The van der Waals surface area contributed by atoms with Crippen molar-refractivity contribution in [3.05, 3.63) is 161 Å². The summed E-state index contributed by atoms with van der Waals surface area (Å²) in [4.78, 5) is 45.7. The van der Waals surface area contributed by atoms with E-state index in [0.29, 0.717) is 33.9 Å². The summed E-state index contributed by atoms with van der Waals surface area (Å²) in [6, 6.07) is 36.0. The Morgan fingerprint density at radius 1 is 0.852 bits per heavy atom. The van der Waals surface area contributed by atoms with Gasteiger partial charge in [0.25, 0.3) is 0 Å². The number of nitrogens with two attached hydrogens (primary N) is 1. The molecule has 6 atom stereocenters. The van der Waals surface area contributed by atoms with Crippen LogP contribution in [0.5, 0.6) is 11.5 Å². The summed E-state index contributed by atoms with van der Waals surface area (Å²) in [6.07, 6.45) is -0.820. The number of ether oxygens (including phenoxy) is 3. The van der Waals surface area contributed by atoms with E-state index in [1.807, 2.05) is 102 Å². The summed E-state index contributed by atoms with van der Waals surface area (Å²) in [5.41, 5.74) is 9.00. The number of amides is 2. The van der Waals surface area contributed by atoms with Crippen LogP contribution in [-0.4, -0.2) is 54.2 Å². The van der Waals surface area contributed by atoms with Crippen molar-refractivity contribution in [2.75, 3.05) is 25.6 Å². The average Bonchev–Trinajstić information content (AvgIpc) is 3.68. The molecule has 2 saturated heterocycles. The summed E-state index contributed by atoms with van der Waals surface area (Å²) in [5.74, 6) is 4.11. The van der Waals surface area contributed by atoms with Gasteiger partial charge in [-0.1, -0.05) is 90.7 Å². The van der Waals surface area contributed by atoms with E-state index in [0.717, 1.165) is 16.7 Å². The van der Waals surface area contributed by atoms with E-state index in [4.69, 9.17) is 19.9 Å². The molecule has 3 aliphatic heterocycles. The molecule has 0 radical (unpaired) electrons. The third kappa shape index (κ3) is 5.66. The van der Waals surface area contributed by atoms with Gasteiger partial charge in [-0.3, -0.25) is 19.3 Å². The van der Waals surface area contributed by atoms with Crippen LogP contribution in [0.2, 0.25) is 0 Å². The molecule has 10 nitrogen and oxygen atoms in total. The molecule has 0 unspecified atom stereocenters. The number of cyclic esters (lactones) is 1. The van der Waals surface area contributed by atoms with Gasteiger partial charge >= 0.3 is 5.97 Å². The summed E-state index contributed by atoms with van der Waals surface area (Å²) in [5, 5.41) is 12.8. The molecule has 5 aromatic carbocycles. The number of carbonyl (C=O) groups is 3. The van der Waals surface area contributed by atoms with Crippen molar-refractivity contribution in [3.63, 3.8) is 0 Å². The fourth-order valence-corrected chi connectivity index (χ4v) is 8.48. The predicted molar refractivity (Wildman–Crippen MR) is 200 cm³/mol. The Hall–Kier alpha value is -6.41. The number of para-hydroxylation sites is 1. The molecule has 3 aliphatic rings. The van der Waals surface area contributed by atoms with Crippen LogP contribution in [0.4, 0.5) is 5.69 Å². The molecule has 54 heavy (non-hydrogen) atoms. The Labute approximate surface area is 312 Å². The molecule has 2 fully saturated rings. The second-order valence-electron chi connectivity index (χ2n) is 13.5. The average molecular weight is 720 g/mol. The van der Waals surface area contributed by atoms with Crippen LogP contribution >= 0.6 is 0 Å². The third-order valence-corrected chi connectivity index (χ3v) is 10.6. The number of hydrogen-bond acceptors (Lipinski definition) is 8. The SMILES string of the molecule is COc1ccc(C#Cc2ccc3c(c2)[C@]2(C(=O)N3)[C@H](c3ccccc3OCCO)N3[C@H](c4ccccc4)[C@H](c4ccccc4)OC(=O)[C@H]3[C@@H]2C(N)=O)cc1. The Morgan fingerprint density at radius 3 is 2.19 bits per heavy atom. The monoisotopic (exact) mass is 719 g/mol. The van der Waals surface area contributed by atoms with Gasteiger partial charge in [-0.2, -0.15) is 0 Å².